The fraction of sp³-hybridized carbons (Fsp3) is 0.500. The number of halogens is 1. The Labute approximate surface area is 134 Å². The SMILES string of the molecule is Cc1cc(-c2ncc(Cl)n2C[C@@H]2CCCOC2)cn(C)c1=O. The van der Waals surface area contributed by atoms with Gasteiger partial charge in [-0.25, -0.2) is 4.98 Å². The predicted molar refractivity (Wildman–Crippen MR) is 86.2 cm³/mol. The van der Waals surface area contributed by atoms with Crippen molar-refractivity contribution in [3.05, 3.63) is 39.5 Å². The van der Waals surface area contributed by atoms with Gasteiger partial charge in [-0.1, -0.05) is 11.6 Å². The van der Waals surface area contributed by atoms with E-state index in [1.807, 2.05) is 23.8 Å². The molecule has 5 nitrogen and oxygen atoms in total. The van der Waals surface area contributed by atoms with Crippen LogP contribution in [0.25, 0.3) is 11.4 Å². The Morgan fingerprint density at radius 3 is 3.00 bits per heavy atom. The Morgan fingerprint density at radius 1 is 1.50 bits per heavy atom. The van der Waals surface area contributed by atoms with E-state index in [9.17, 15) is 4.79 Å². The van der Waals surface area contributed by atoms with Gasteiger partial charge in [0, 0.05) is 43.4 Å². The van der Waals surface area contributed by atoms with Crippen LogP contribution in [0.3, 0.4) is 0 Å². The van der Waals surface area contributed by atoms with Crippen LogP contribution < -0.4 is 5.56 Å². The Hall–Kier alpha value is -1.59. The first-order chi connectivity index (χ1) is 10.6. The van der Waals surface area contributed by atoms with Crippen molar-refractivity contribution in [2.45, 2.75) is 26.3 Å². The Bertz CT molecular complexity index is 703. The van der Waals surface area contributed by atoms with Crippen LogP contribution in [0.15, 0.2) is 23.3 Å². The summed E-state index contributed by atoms with van der Waals surface area (Å²) < 4.78 is 9.15. The molecule has 3 rings (SSSR count). The van der Waals surface area contributed by atoms with E-state index in [0.717, 1.165) is 44.0 Å². The summed E-state index contributed by atoms with van der Waals surface area (Å²) in [5.74, 6) is 1.25. The molecule has 1 fully saturated rings. The molecule has 1 aliphatic rings. The Morgan fingerprint density at radius 2 is 2.32 bits per heavy atom. The van der Waals surface area contributed by atoms with Gasteiger partial charge in [0.15, 0.2) is 0 Å². The summed E-state index contributed by atoms with van der Waals surface area (Å²) in [4.78, 5) is 16.3. The summed E-state index contributed by atoms with van der Waals surface area (Å²) in [7, 11) is 1.75. The number of ether oxygens (including phenoxy) is 1. The molecule has 1 saturated heterocycles. The van der Waals surface area contributed by atoms with Gasteiger partial charge >= 0.3 is 0 Å². The van der Waals surface area contributed by atoms with Crippen LogP contribution in [0.1, 0.15) is 18.4 Å². The molecule has 2 aromatic rings. The minimum atomic E-state index is 0.00799. The molecule has 0 unspecified atom stereocenters. The van der Waals surface area contributed by atoms with Gasteiger partial charge < -0.3 is 13.9 Å². The van der Waals surface area contributed by atoms with Gasteiger partial charge in [-0.15, -0.1) is 0 Å². The summed E-state index contributed by atoms with van der Waals surface area (Å²) in [6, 6.07) is 1.87. The van der Waals surface area contributed by atoms with Crippen LogP contribution in [0.5, 0.6) is 0 Å². The molecule has 0 aliphatic carbocycles. The molecule has 22 heavy (non-hydrogen) atoms. The van der Waals surface area contributed by atoms with Gasteiger partial charge in [-0.3, -0.25) is 4.79 Å². The molecule has 0 bridgehead atoms. The number of hydrogen-bond donors (Lipinski definition) is 0. The first-order valence-corrected chi connectivity index (χ1v) is 7.90. The second-order valence-corrected chi connectivity index (χ2v) is 6.31. The molecule has 0 aromatic carbocycles. The highest BCUT2D eigenvalue weighted by Gasteiger charge is 2.19. The average Bonchev–Trinajstić information content (AvgIpc) is 2.87. The zero-order chi connectivity index (χ0) is 15.7. The largest absolute Gasteiger partial charge is 0.381 e. The maximum Gasteiger partial charge on any atom is 0.253 e. The van der Waals surface area contributed by atoms with Gasteiger partial charge in [-0.05, 0) is 25.8 Å². The lowest BCUT2D eigenvalue weighted by atomic mass is 10.0. The quantitative estimate of drug-likeness (QED) is 0.873. The van der Waals surface area contributed by atoms with Crippen LogP contribution >= 0.6 is 11.6 Å². The zero-order valence-electron chi connectivity index (χ0n) is 12.9. The predicted octanol–water partition coefficient (Wildman–Crippen LogP) is 2.64. The number of rotatable bonds is 3. The standard InChI is InChI=1S/C16H20ClN3O2/c1-11-6-13(9-19(2)16(11)21)15-18-7-14(17)20(15)8-12-4-3-5-22-10-12/h6-7,9,12H,3-5,8,10H2,1-2H3/t12-/m0/s1. The summed E-state index contributed by atoms with van der Waals surface area (Å²) in [6.07, 6.45) is 5.70. The second-order valence-electron chi connectivity index (χ2n) is 5.93. The third-order valence-corrected chi connectivity index (χ3v) is 4.42. The van der Waals surface area contributed by atoms with Crippen LogP contribution in [0, 0.1) is 12.8 Å². The maximum atomic E-state index is 11.9. The van der Waals surface area contributed by atoms with Crippen molar-refractivity contribution < 1.29 is 4.74 Å². The number of hydrogen-bond acceptors (Lipinski definition) is 3. The van der Waals surface area contributed by atoms with Gasteiger partial charge in [-0.2, -0.15) is 0 Å². The van der Waals surface area contributed by atoms with Crippen molar-refractivity contribution in [1.29, 1.82) is 0 Å². The van der Waals surface area contributed by atoms with E-state index in [1.54, 1.807) is 17.8 Å². The van der Waals surface area contributed by atoms with E-state index in [1.165, 1.54) is 0 Å². The molecule has 6 heteroatoms. The van der Waals surface area contributed by atoms with E-state index in [-0.39, 0.29) is 5.56 Å². The highest BCUT2D eigenvalue weighted by atomic mass is 35.5. The highest BCUT2D eigenvalue weighted by Crippen LogP contribution is 2.26. The summed E-state index contributed by atoms with van der Waals surface area (Å²) in [5, 5.41) is 0.618. The van der Waals surface area contributed by atoms with Crippen LogP contribution in [0.2, 0.25) is 5.15 Å². The molecule has 0 saturated carbocycles. The molecule has 1 atom stereocenters. The van der Waals surface area contributed by atoms with Crippen molar-refractivity contribution in [2.75, 3.05) is 13.2 Å². The topological polar surface area (TPSA) is 49.0 Å². The third-order valence-electron chi connectivity index (χ3n) is 4.12. The molecule has 0 spiro atoms. The fourth-order valence-electron chi connectivity index (χ4n) is 2.97. The summed E-state index contributed by atoms with van der Waals surface area (Å²) >= 11 is 6.32. The third kappa shape index (κ3) is 2.96. The molecular weight excluding hydrogens is 302 g/mol. The van der Waals surface area contributed by atoms with E-state index in [0.29, 0.717) is 16.6 Å². The lowest BCUT2D eigenvalue weighted by Gasteiger charge is -2.23. The number of nitrogens with zero attached hydrogens (tertiary/aromatic N) is 3. The van der Waals surface area contributed by atoms with Gasteiger partial charge in [0.25, 0.3) is 5.56 Å². The first kappa shape index (κ1) is 15.3. The maximum absolute atomic E-state index is 11.9. The molecule has 3 heterocycles. The fourth-order valence-corrected chi connectivity index (χ4v) is 3.17. The monoisotopic (exact) mass is 321 g/mol. The second kappa shape index (κ2) is 6.26. The minimum absolute atomic E-state index is 0.00799. The number of aromatic nitrogens is 3. The van der Waals surface area contributed by atoms with Gasteiger partial charge in [0.05, 0.1) is 12.8 Å². The van der Waals surface area contributed by atoms with Crippen molar-refractivity contribution in [3.8, 4) is 11.4 Å². The molecule has 0 N–H and O–H groups in total. The number of imidazole rings is 1. The lowest BCUT2D eigenvalue weighted by molar-refractivity contribution is 0.0485. The van der Waals surface area contributed by atoms with E-state index < -0.39 is 0 Å². The Kier molecular flexibility index (Phi) is 4.36. The molecule has 0 radical (unpaired) electrons. The molecule has 118 valence electrons. The molecular formula is C16H20ClN3O2. The zero-order valence-corrected chi connectivity index (χ0v) is 13.6. The summed E-state index contributed by atoms with van der Waals surface area (Å²) in [5.41, 5.74) is 1.61. The number of aryl methyl sites for hydroxylation is 2. The van der Waals surface area contributed by atoms with Crippen molar-refractivity contribution in [3.63, 3.8) is 0 Å². The van der Waals surface area contributed by atoms with Gasteiger partial charge in [0.2, 0.25) is 0 Å². The van der Waals surface area contributed by atoms with Crippen molar-refractivity contribution in [2.24, 2.45) is 13.0 Å². The average molecular weight is 322 g/mol. The highest BCUT2D eigenvalue weighted by molar-refractivity contribution is 6.29. The number of pyridine rings is 1. The smallest absolute Gasteiger partial charge is 0.253 e. The van der Waals surface area contributed by atoms with E-state index >= 15 is 0 Å². The minimum Gasteiger partial charge on any atom is -0.381 e. The summed E-state index contributed by atoms with van der Waals surface area (Å²) in [6.45, 7) is 4.22. The van der Waals surface area contributed by atoms with E-state index in [2.05, 4.69) is 4.98 Å². The van der Waals surface area contributed by atoms with Crippen LogP contribution in [-0.4, -0.2) is 27.3 Å². The lowest BCUT2D eigenvalue weighted by Crippen LogP contribution is -2.23. The van der Waals surface area contributed by atoms with Gasteiger partial charge in [0.1, 0.15) is 11.0 Å². The molecule has 0 amide bonds. The molecule has 1 aliphatic heterocycles. The normalized spacial score (nSPS) is 18.6. The van der Waals surface area contributed by atoms with Crippen LogP contribution in [-0.2, 0) is 18.3 Å². The van der Waals surface area contributed by atoms with Crippen molar-refractivity contribution >= 4 is 11.6 Å². The van der Waals surface area contributed by atoms with Crippen molar-refractivity contribution in [1.82, 2.24) is 14.1 Å². The molecule has 2 aromatic heterocycles. The van der Waals surface area contributed by atoms with E-state index in [4.69, 9.17) is 16.3 Å². The van der Waals surface area contributed by atoms with Crippen LogP contribution in [0.4, 0.5) is 0 Å². The Balaban J connectivity index is 1.96. The first-order valence-electron chi connectivity index (χ1n) is 7.52.